The highest BCUT2D eigenvalue weighted by Gasteiger charge is 2.09. The standard InChI is InChI=1S/C14H20N4S/c1-11-4-3-5-14(6-11)19-10-13(17-15)7-12-8-16-18(2)9-12/h3-6,8-9,13,17H,7,10,15H2,1-2H3. The van der Waals surface area contributed by atoms with E-state index in [1.54, 1.807) is 0 Å². The van der Waals surface area contributed by atoms with Crippen molar-refractivity contribution in [3.05, 3.63) is 47.8 Å². The second-order valence-electron chi connectivity index (χ2n) is 4.72. The lowest BCUT2D eigenvalue weighted by Gasteiger charge is -2.14. The van der Waals surface area contributed by atoms with E-state index in [0.29, 0.717) is 0 Å². The zero-order valence-electron chi connectivity index (χ0n) is 11.3. The van der Waals surface area contributed by atoms with Crippen LogP contribution in [0, 0.1) is 6.92 Å². The molecular weight excluding hydrogens is 256 g/mol. The molecule has 0 aliphatic carbocycles. The molecule has 5 heteroatoms. The average molecular weight is 276 g/mol. The monoisotopic (exact) mass is 276 g/mol. The molecule has 102 valence electrons. The summed E-state index contributed by atoms with van der Waals surface area (Å²) in [6.45, 7) is 2.11. The van der Waals surface area contributed by atoms with Crippen molar-refractivity contribution < 1.29 is 0 Å². The Kier molecular flexibility index (Phi) is 5.01. The smallest absolute Gasteiger partial charge is 0.0522 e. The van der Waals surface area contributed by atoms with Crippen LogP contribution < -0.4 is 11.3 Å². The number of hydrogen-bond donors (Lipinski definition) is 2. The Morgan fingerprint density at radius 1 is 1.47 bits per heavy atom. The predicted octanol–water partition coefficient (Wildman–Crippen LogP) is 1.90. The Morgan fingerprint density at radius 2 is 2.32 bits per heavy atom. The Hall–Kier alpha value is -1.30. The number of rotatable bonds is 6. The van der Waals surface area contributed by atoms with E-state index in [2.05, 4.69) is 41.7 Å². The maximum Gasteiger partial charge on any atom is 0.0522 e. The minimum absolute atomic E-state index is 0.245. The molecule has 1 unspecified atom stereocenters. The van der Waals surface area contributed by atoms with Gasteiger partial charge in [-0.3, -0.25) is 16.0 Å². The lowest BCUT2D eigenvalue weighted by molar-refractivity contribution is 0.575. The number of hydrazine groups is 1. The van der Waals surface area contributed by atoms with Crippen LogP contribution in [0.4, 0.5) is 0 Å². The first-order valence-electron chi connectivity index (χ1n) is 6.30. The van der Waals surface area contributed by atoms with Crippen LogP contribution in [-0.4, -0.2) is 21.6 Å². The Labute approximate surface area is 118 Å². The van der Waals surface area contributed by atoms with Crippen LogP contribution in [0.15, 0.2) is 41.6 Å². The van der Waals surface area contributed by atoms with E-state index in [1.165, 1.54) is 16.0 Å². The van der Waals surface area contributed by atoms with Crippen LogP contribution in [0.3, 0.4) is 0 Å². The van der Waals surface area contributed by atoms with E-state index in [-0.39, 0.29) is 6.04 Å². The van der Waals surface area contributed by atoms with E-state index >= 15 is 0 Å². The number of nitrogens with one attached hydrogen (secondary N) is 1. The van der Waals surface area contributed by atoms with Gasteiger partial charge in [-0.2, -0.15) is 5.10 Å². The van der Waals surface area contributed by atoms with Gasteiger partial charge in [0.05, 0.1) is 6.20 Å². The molecule has 2 rings (SSSR count). The van der Waals surface area contributed by atoms with Gasteiger partial charge in [0, 0.05) is 29.9 Å². The lowest BCUT2D eigenvalue weighted by atomic mass is 10.1. The molecule has 1 atom stereocenters. The Bertz CT molecular complexity index is 524. The fourth-order valence-electron chi connectivity index (χ4n) is 1.93. The van der Waals surface area contributed by atoms with E-state index in [0.717, 1.165) is 12.2 Å². The van der Waals surface area contributed by atoms with E-state index in [4.69, 9.17) is 5.84 Å². The quantitative estimate of drug-likeness (QED) is 0.481. The summed E-state index contributed by atoms with van der Waals surface area (Å²) in [5.74, 6) is 6.57. The molecule has 0 aliphatic heterocycles. The zero-order chi connectivity index (χ0) is 13.7. The molecule has 4 nitrogen and oxygen atoms in total. The summed E-state index contributed by atoms with van der Waals surface area (Å²) in [7, 11) is 1.93. The number of aromatic nitrogens is 2. The van der Waals surface area contributed by atoms with Gasteiger partial charge in [0.2, 0.25) is 0 Å². The number of nitrogens with two attached hydrogens (primary N) is 1. The van der Waals surface area contributed by atoms with Crippen molar-refractivity contribution in [1.29, 1.82) is 0 Å². The SMILES string of the molecule is Cc1cccc(SCC(Cc2cnn(C)c2)NN)c1. The zero-order valence-corrected chi connectivity index (χ0v) is 12.2. The van der Waals surface area contributed by atoms with E-state index in [1.807, 2.05) is 35.9 Å². The molecule has 19 heavy (non-hydrogen) atoms. The normalized spacial score (nSPS) is 12.6. The largest absolute Gasteiger partial charge is 0.276 e. The Morgan fingerprint density at radius 3 is 2.95 bits per heavy atom. The van der Waals surface area contributed by atoms with Crippen molar-refractivity contribution >= 4 is 11.8 Å². The van der Waals surface area contributed by atoms with Gasteiger partial charge < -0.3 is 0 Å². The van der Waals surface area contributed by atoms with Crippen molar-refractivity contribution in [1.82, 2.24) is 15.2 Å². The van der Waals surface area contributed by atoms with Crippen LogP contribution in [0.2, 0.25) is 0 Å². The summed E-state index contributed by atoms with van der Waals surface area (Å²) in [4.78, 5) is 1.28. The van der Waals surface area contributed by atoms with E-state index in [9.17, 15) is 0 Å². The van der Waals surface area contributed by atoms with Gasteiger partial charge >= 0.3 is 0 Å². The highest BCUT2D eigenvalue weighted by atomic mass is 32.2. The summed E-state index contributed by atoms with van der Waals surface area (Å²) in [5, 5.41) is 4.18. The molecule has 0 spiro atoms. The molecule has 0 aliphatic rings. The molecular formula is C14H20N4S. The van der Waals surface area contributed by atoms with Gasteiger partial charge in [-0.05, 0) is 31.0 Å². The summed E-state index contributed by atoms with van der Waals surface area (Å²) in [6.07, 6.45) is 4.81. The van der Waals surface area contributed by atoms with Gasteiger partial charge in [0.25, 0.3) is 0 Å². The third-order valence-corrected chi connectivity index (χ3v) is 4.07. The van der Waals surface area contributed by atoms with Gasteiger partial charge in [-0.15, -0.1) is 11.8 Å². The number of nitrogens with zero attached hydrogens (tertiary/aromatic N) is 2. The highest BCUT2D eigenvalue weighted by Crippen LogP contribution is 2.20. The van der Waals surface area contributed by atoms with Crippen molar-refractivity contribution in [3.63, 3.8) is 0 Å². The number of aryl methyl sites for hydroxylation is 2. The molecule has 0 amide bonds. The van der Waals surface area contributed by atoms with Gasteiger partial charge in [0.15, 0.2) is 0 Å². The predicted molar refractivity (Wildman–Crippen MR) is 79.9 cm³/mol. The minimum atomic E-state index is 0.245. The topological polar surface area (TPSA) is 55.9 Å². The van der Waals surface area contributed by atoms with Crippen LogP contribution in [-0.2, 0) is 13.5 Å². The van der Waals surface area contributed by atoms with E-state index < -0.39 is 0 Å². The highest BCUT2D eigenvalue weighted by molar-refractivity contribution is 7.99. The van der Waals surface area contributed by atoms with Crippen molar-refractivity contribution in [3.8, 4) is 0 Å². The fourth-order valence-corrected chi connectivity index (χ4v) is 2.98. The molecule has 0 saturated heterocycles. The summed E-state index contributed by atoms with van der Waals surface area (Å²) >= 11 is 1.82. The second-order valence-corrected chi connectivity index (χ2v) is 5.81. The van der Waals surface area contributed by atoms with Gasteiger partial charge in [0.1, 0.15) is 0 Å². The molecule has 3 N–H and O–H groups in total. The minimum Gasteiger partial charge on any atom is -0.276 e. The fraction of sp³-hybridized carbons (Fsp3) is 0.357. The molecule has 1 heterocycles. The number of thioether (sulfide) groups is 1. The maximum absolute atomic E-state index is 5.63. The number of hydrogen-bond acceptors (Lipinski definition) is 4. The van der Waals surface area contributed by atoms with Gasteiger partial charge in [-0.25, -0.2) is 0 Å². The first-order chi connectivity index (χ1) is 9.17. The summed E-state index contributed by atoms with van der Waals surface area (Å²) < 4.78 is 1.82. The third-order valence-electron chi connectivity index (χ3n) is 2.92. The molecule has 1 aromatic heterocycles. The number of benzene rings is 1. The van der Waals surface area contributed by atoms with Crippen LogP contribution in [0.25, 0.3) is 0 Å². The molecule has 0 bridgehead atoms. The van der Waals surface area contributed by atoms with Crippen LogP contribution in [0.1, 0.15) is 11.1 Å². The molecule has 0 saturated carbocycles. The molecule has 2 aromatic rings. The van der Waals surface area contributed by atoms with Crippen molar-refractivity contribution in [2.24, 2.45) is 12.9 Å². The molecule has 1 aromatic carbocycles. The second kappa shape index (κ2) is 6.75. The van der Waals surface area contributed by atoms with Crippen LogP contribution >= 0.6 is 11.8 Å². The first-order valence-corrected chi connectivity index (χ1v) is 7.29. The average Bonchev–Trinajstić information content (AvgIpc) is 2.80. The summed E-state index contributed by atoms with van der Waals surface area (Å²) in [5.41, 5.74) is 5.38. The van der Waals surface area contributed by atoms with Crippen LogP contribution in [0.5, 0.6) is 0 Å². The van der Waals surface area contributed by atoms with Crippen molar-refractivity contribution in [2.75, 3.05) is 5.75 Å². The van der Waals surface area contributed by atoms with Gasteiger partial charge in [-0.1, -0.05) is 17.7 Å². The molecule has 0 fully saturated rings. The molecule has 0 radical (unpaired) electrons. The lowest BCUT2D eigenvalue weighted by Crippen LogP contribution is -2.38. The summed E-state index contributed by atoms with van der Waals surface area (Å²) in [6, 6.07) is 8.77. The third kappa shape index (κ3) is 4.38. The maximum atomic E-state index is 5.63. The Balaban J connectivity index is 1.89. The van der Waals surface area contributed by atoms with Crippen molar-refractivity contribution in [2.45, 2.75) is 24.3 Å². The first kappa shape index (κ1) is 14.1.